The Morgan fingerprint density at radius 3 is 2.48 bits per heavy atom. The molecule has 1 unspecified atom stereocenters. The fraction of sp³-hybridized carbons (Fsp3) is 0.263. The molecule has 6 nitrogen and oxygen atoms in total. The number of benzene rings is 2. The molecule has 1 aliphatic rings. The maximum atomic E-state index is 12.6. The van der Waals surface area contributed by atoms with Crippen molar-refractivity contribution in [2.24, 2.45) is 0 Å². The molecule has 3 rings (SSSR count). The minimum atomic E-state index is -0.516. The highest BCUT2D eigenvalue weighted by atomic mass is 79.9. The molecule has 142 valence electrons. The van der Waals surface area contributed by atoms with Crippen LogP contribution >= 0.6 is 27.7 Å². The van der Waals surface area contributed by atoms with Crippen LogP contribution in [-0.4, -0.2) is 48.1 Å². The van der Waals surface area contributed by atoms with Crippen molar-refractivity contribution in [3.05, 3.63) is 53.0 Å². The zero-order valence-electron chi connectivity index (χ0n) is 14.7. The van der Waals surface area contributed by atoms with Gasteiger partial charge in [0.05, 0.1) is 13.0 Å². The van der Waals surface area contributed by atoms with Crippen LogP contribution < -0.4 is 14.8 Å². The Hall–Kier alpha value is -2.19. The third-order valence-electron chi connectivity index (χ3n) is 4.04. The van der Waals surface area contributed by atoms with E-state index in [-0.39, 0.29) is 18.4 Å². The lowest BCUT2D eigenvalue weighted by Gasteiger charge is -2.23. The Labute approximate surface area is 170 Å². The van der Waals surface area contributed by atoms with E-state index < -0.39 is 6.04 Å². The summed E-state index contributed by atoms with van der Waals surface area (Å²) in [4.78, 5) is 26.7. The molecular weight excluding hydrogens is 432 g/mol. The Morgan fingerprint density at radius 1 is 1.15 bits per heavy atom. The molecule has 0 aromatic heterocycles. The van der Waals surface area contributed by atoms with Gasteiger partial charge in [-0.15, -0.1) is 11.8 Å². The van der Waals surface area contributed by atoms with Gasteiger partial charge in [-0.1, -0.05) is 15.9 Å². The molecule has 0 spiro atoms. The molecule has 1 atom stereocenters. The fourth-order valence-corrected chi connectivity index (χ4v) is 4.01. The first-order chi connectivity index (χ1) is 13.1. The van der Waals surface area contributed by atoms with Gasteiger partial charge in [-0.2, -0.15) is 0 Å². The van der Waals surface area contributed by atoms with E-state index in [2.05, 4.69) is 21.2 Å². The molecule has 1 saturated heterocycles. The summed E-state index contributed by atoms with van der Waals surface area (Å²) in [5, 5.41) is 2.85. The molecule has 0 aliphatic carbocycles. The summed E-state index contributed by atoms with van der Waals surface area (Å²) >= 11 is 4.90. The third-order valence-corrected chi connectivity index (χ3v) is 5.58. The summed E-state index contributed by atoms with van der Waals surface area (Å²) in [6, 6.07) is 13.8. The van der Waals surface area contributed by atoms with Crippen molar-refractivity contribution in [2.75, 3.05) is 30.7 Å². The standard InChI is InChI=1S/C19H19BrN2O4S/c1-25-15-8-4-14(5-9-15)21-19(24)17-11-27-12-22(17)18(23)10-26-16-6-2-13(20)3-7-16/h2-9,17H,10-12H2,1H3,(H,21,24). The Bertz CT molecular complexity index is 798. The first-order valence-corrected chi connectivity index (χ1v) is 10.2. The number of hydrogen-bond donors (Lipinski definition) is 1. The zero-order valence-corrected chi connectivity index (χ0v) is 17.1. The van der Waals surface area contributed by atoms with Crippen LogP contribution in [0.25, 0.3) is 0 Å². The first-order valence-electron chi connectivity index (χ1n) is 8.27. The molecule has 1 fully saturated rings. The summed E-state index contributed by atoms with van der Waals surface area (Å²) in [5.41, 5.74) is 0.663. The number of carbonyl (C=O) groups excluding carboxylic acids is 2. The number of anilines is 1. The number of carbonyl (C=O) groups is 2. The average molecular weight is 451 g/mol. The molecule has 27 heavy (non-hydrogen) atoms. The number of amides is 2. The van der Waals surface area contributed by atoms with Crippen LogP contribution in [0, 0.1) is 0 Å². The van der Waals surface area contributed by atoms with Crippen molar-refractivity contribution in [2.45, 2.75) is 6.04 Å². The Balaban J connectivity index is 1.57. The molecule has 0 saturated carbocycles. The van der Waals surface area contributed by atoms with Gasteiger partial charge >= 0.3 is 0 Å². The molecule has 1 heterocycles. The van der Waals surface area contributed by atoms with Crippen LogP contribution in [-0.2, 0) is 9.59 Å². The number of rotatable bonds is 6. The lowest BCUT2D eigenvalue weighted by Crippen LogP contribution is -2.46. The predicted molar refractivity (Wildman–Crippen MR) is 109 cm³/mol. The number of methoxy groups -OCH3 is 1. The molecular formula is C19H19BrN2O4S. The third kappa shape index (κ3) is 5.17. The minimum Gasteiger partial charge on any atom is -0.497 e. The lowest BCUT2D eigenvalue weighted by atomic mass is 10.2. The normalized spacial score (nSPS) is 16.1. The zero-order chi connectivity index (χ0) is 19.2. The van der Waals surface area contributed by atoms with Crippen molar-refractivity contribution in [1.82, 2.24) is 4.90 Å². The van der Waals surface area contributed by atoms with Gasteiger partial charge in [-0.3, -0.25) is 9.59 Å². The van der Waals surface area contributed by atoms with Crippen molar-refractivity contribution in [3.8, 4) is 11.5 Å². The van der Waals surface area contributed by atoms with Gasteiger partial charge in [-0.05, 0) is 48.5 Å². The number of nitrogens with one attached hydrogen (secondary N) is 1. The maximum absolute atomic E-state index is 12.6. The molecule has 2 aromatic carbocycles. The maximum Gasteiger partial charge on any atom is 0.261 e. The van der Waals surface area contributed by atoms with Crippen LogP contribution in [0.4, 0.5) is 5.69 Å². The predicted octanol–water partition coefficient (Wildman–Crippen LogP) is 3.38. The van der Waals surface area contributed by atoms with Crippen molar-refractivity contribution in [3.63, 3.8) is 0 Å². The SMILES string of the molecule is COc1ccc(NC(=O)C2CSCN2C(=O)COc2ccc(Br)cc2)cc1. The molecule has 0 bridgehead atoms. The van der Waals surface area contributed by atoms with E-state index in [4.69, 9.17) is 9.47 Å². The van der Waals surface area contributed by atoms with E-state index >= 15 is 0 Å². The van der Waals surface area contributed by atoms with E-state index in [1.165, 1.54) is 0 Å². The van der Waals surface area contributed by atoms with Crippen molar-refractivity contribution in [1.29, 1.82) is 0 Å². The van der Waals surface area contributed by atoms with Crippen LogP contribution in [0.5, 0.6) is 11.5 Å². The summed E-state index contributed by atoms with van der Waals surface area (Å²) < 4.78 is 11.6. The fourth-order valence-electron chi connectivity index (χ4n) is 2.56. The Morgan fingerprint density at radius 2 is 1.81 bits per heavy atom. The lowest BCUT2D eigenvalue weighted by molar-refractivity contribution is -0.137. The molecule has 1 N–H and O–H groups in total. The van der Waals surface area contributed by atoms with Gasteiger partial charge < -0.3 is 19.7 Å². The number of hydrogen-bond acceptors (Lipinski definition) is 5. The van der Waals surface area contributed by atoms with Gasteiger partial charge in [0.25, 0.3) is 5.91 Å². The van der Waals surface area contributed by atoms with Crippen molar-refractivity contribution >= 4 is 45.2 Å². The molecule has 2 aromatic rings. The average Bonchev–Trinajstić information content (AvgIpc) is 3.18. The number of thioether (sulfide) groups is 1. The topological polar surface area (TPSA) is 67.9 Å². The highest BCUT2D eigenvalue weighted by Crippen LogP contribution is 2.24. The summed E-state index contributed by atoms with van der Waals surface area (Å²) in [6.07, 6.45) is 0. The van der Waals surface area contributed by atoms with E-state index in [0.717, 1.165) is 4.47 Å². The number of ether oxygens (including phenoxy) is 2. The minimum absolute atomic E-state index is 0.103. The second-order valence-electron chi connectivity index (χ2n) is 5.84. The smallest absolute Gasteiger partial charge is 0.261 e. The summed E-state index contributed by atoms with van der Waals surface area (Å²) in [7, 11) is 1.59. The largest absolute Gasteiger partial charge is 0.497 e. The van der Waals surface area contributed by atoms with E-state index in [9.17, 15) is 9.59 Å². The quantitative estimate of drug-likeness (QED) is 0.730. The van der Waals surface area contributed by atoms with Crippen molar-refractivity contribution < 1.29 is 19.1 Å². The highest BCUT2D eigenvalue weighted by molar-refractivity contribution is 9.10. The molecule has 0 radical (unpaired) electrons. The molecule has 8 heteroatoms. The van der Waals surface area contributed by atoms with Crippen LogP contribution in [0.1, 0.15) is 0 Å². The van der Waals surface area contributed by atoms with E-state index in [1.807, 2.05) is 12.1 Å². The van der Waals surface area contributed by atoms with Gasteiger partial charge in [0.2, 0.25) is 5.91 Å². The van der Waals surface area contributed by atoms with Gasteiger partial charge in [0.1, 0.15) is 17.5 Å². The van der Waals surface area contributed by atoms with Crippen LogP contribution in [0.15, 0.2) is 53.0 Å². The number of nitrogens with zero attached hydrogens (tertiary/aromatic N) is 1. The monoisotopic (exact) mass is 450 g/mol. The Kier molecular flexibility index (Phi) is 6.63. The summed E-state index contributed by atoms with van der Waals surface area (Å²) in [6.45, 7) is -0.103. The van der Waals surface area contributed by atoms with Gasteiger partial charge in [0, 0.05) is 15.9 Å². The summed E-state index contributed by atoms with van der Waals surface area (Å²) in [5.74, 6) is 1.94. The molecule has 1 aliphatic heterocycles. The highest BCUT2D eigenvalue weighted by Gasteiger charge is 2.34. The molecule has 2 amide bonds. The number of halogens is 1. The van der Waals surface area contributed by atoms with Gasteiger partial charge in [-0.25, -0.2) is 0 Å². The van der Waals surface area contributed by atoms with Gasteiger partial charge in [0.15, 0.2) is 6.61 Å². The van der Waals surface area contributed by atoms with E-state index in [0.29, 0.717) is 28.8 Å². The van der Waals surface area contributed by atoms with E-state index in [1.54, 1.807) is 60.2 Å². The first kappa shape index (κ1) is 19.6. The second-order valence-corrected chi connectivity index (χ2v) is 7.76. The second kappa shape index (κ2) is 9.14. The van der Waals surface area contributed by atoms with Crippen LogP contribution in [0.3, 0.4) is 0 Å². The van der Waals surface area contributed by atoms with Crippen LogP contribution in [0.2, 0.25) is 0 Å².